The van der Waals surface area contributed by atoms with Gasteiger partial charge in [-0.05, 0) is 30.5 Å². The van der Waals surface area contributed by atoms with Crippen molar-refractivity contribution < 1.29 is 9.21 Å². The van der Waals surface area contributed by atoms with Gasteiger partial charge in [0.2, 0.25) is 5.91 Å². The average Bonchev–Trinajstić information content (AvgIpc) is 2.68. The summed E-state index contributed by atoms with van der Waals surface area (Å²) in [5.74, 6) is 2.56. The van der Waals surface area contributed by atoms with Crippen LogP contribution in [-0.4, -0.2) is 5.91 Å². The zero-order valence-electron chi connectivity index (χ0n) is 8.07. The molecule has 0 spiro atoms. The Morgan fingerprint density at radius 1 is 1.64 bits per heavy atom. The first-order valence-electron chi connectivity index (χ1n) is 4.74. The van der Waals surface area contributed by atoms with Crippen molar-refractivity contribution >= 4 is 12.0 Å². The van der Waals surface area contributed by atoms with Crippen LogP contribution in [0.15, 0.2) is 22.6 Å². The first-order valence-corrected chi connectivity index (χ1v) is 4.74. The molecule has 1 aliphatic carbocycles. The molecule has 0 radical (unpaired) electrons. The standard InChI is InChI=1S/C11H13NO2/c1-7-6-9(7)10-4-2-8(14-10)3-5-11(12)13/h2-5,7,9H,6H2,1H3,(H2,12,13)/b5-3+/t7-,9-/m1/s1. The molecule has 0 unspecified atom stereocenters. The van der Waals surface area contributed by atoms with Crippen LogP contribution in [0.2, 0.25) is 0 Å². The van der Waals surface area contributed by atoms with Crippen LogP contribution >= 0.6 is 0 Å². The van der Waals surface area contributed by atoms with Crippen LogP contribution in [0.5, 0.6) is 0 Å². The molecule has 1 aromatic rings. The number of hydrogen-bond donors (Lipinski definition) is 1. The summed E-state index contributed by atoms with van der Waals surface area (Å²) in [6.07, 6.45) is 4.10. The van der Waals surface area contributed by atoms with E-state index in [-0.39, 0.29) is 0 Å². The first-order chi connectivity index (χ1) is 6.66. The summed E-state index contributed by atoms with van der Waals surface area (Å²) in [6.45, 7) is 2.20. The molecule has 2 rings (SSSR count). The van der Waals surface area contributed by atoms with Gasteiger partial charge in [-0.2, -0.15) is 0 Å². The maximum atomic E-state index is 10.5. The summed E-state index contributed by atoms with van der Waals surface area (Å²) < 4.78 is 5.53. The van der Waals surface area contributed by atoms with Gasteiger partial charge in [0.1, 0.15) is 11.5 Å². The molecule has 1 fully saturated rings. The Balaban J connectivity index is 2.06. The number of primary amides is 1. The fourth-order valence-electron chi connectivity index (χ4n) is 1.54. The Morgan fingerprint density at radius 3 is 2.93 bits per heavy atom. The van der Waals surface area contributed by atoms with E-state index in [1.54, 1.807) is 6.08 Å². The maximum Gasteiger partial charge on any atom is 0.241 e. The molecule has 0 aliphatic heterocycles. The predicted octanol–water partition coefficient (Wildman–Crippen LogP) is 1.90. The second kappa shape index (κ2) is 3.33. The van der Waals surface area contributed by atoms with Gasteiger partial charge in [-0.1, -0.05) is 6.92 Å². The fourth-order valence-corrected chi connectivity index (χ4v) is 1.54. The lowest BCUT2D eigenvalue weighted by Gasteiger charge is -1.89. The minimum absolute atomic E-state index is 0.456. The summed E-state index contributed by atoms with van der Waals surface area (Å²) >= 11 is 0. The molecule has 14 heavy (non-hydrogen) atoms. The van der Waals surface area contributed by atoms with E-state index in [0.717, 1.165) is 11.7 Å². The molecular formula is C11H13NO2. The maximum absolute atomic E-state index is 10.5. The summed E-state index contributed by atoms with van der Waals surface area (Å²) in [5.41, 5.74) is 4.97. The average molecular weight is 191 g/mol. The third-order valence-electron chi connectivity index (χ3n) is 2.53. The van der Waals surface area contributed by atoms with Crippen LogP contribution in [0.25, 0.3) is 6.08 Å². The van der Waals surface area contributed by atoms with Gasteiger partial charge in [0.15, 0.2) is 0 Å². The first kappa shape index (κ1) is 9.06. The number of carbonyl (C=O) groups is 1. The molecule has 0 bridgehead atoms. The van der Waals surface area contributed by atoms with E-state index in [1.165, 1.54) is 12.5 Å². The van der Waals surface area contributed by atoms with Gasteiger partial charge in [-0.3, -0.25) is 4.79 Å². The lowest BCUT2D eigenvalue weighted by molar-refractivity contribution is -0.113. The smallest absolute Gasteiger partial charge is 0.241 e. The van der Waals surface area contributed by atoms with Crippen LogP contribution in [0.4, 0.5) is 0 Å². The molecular weight excluding hydrogens is 178 g/mol. The zero-order valence-corrected chi connectivity index (χ0v) is 8.07. The van der Waals surface area contributed by atoms with Crippen molar-refractivity contribution in [3.05, 3.63) is 29.7 Å². The molecule has 3 nitrogen and oxygen atoms in total. The molecule has 1 aromatic heterocycles. The van der Waals surface area contributed by atoms with Gasteiger partial charge in [0, 0.05) is 12.0 Å². The van der Waals surface area contributed by atoms with Crippen molar-refractivity contribution in [1.29, 1.82) is 0 Å². The van der Waals surface area contributed by atoms with E-state index in [4.69, 9.17) is 10.2 Å². The molecule has 3 heteroatoms. The van der Waals surface area contributed by atoms with Gasteiger partial charge >= 0.3 is 0 Å². The normalized spacial score (nSPS) is 25.5. The highest BCUT2D eigenvalue weighted by Gasteiger charge is 2.36. The van der Waals surface area contributed by atoms with Crippen molar-refractivity contribution in [3.8, 4) is 0 Å². The summed E-state index contributed by atoms with van der Waals surface area (Å²) in [6, 6.07) is 3.83. The molecule has 1 heterocycles. The van der Waals surface area contributed by atoms with Crippen molar-refractivity contribution in [2.75, 3.05) is 0 Å². The molecule has 1 aliphatic rings. The number of carbonyl (C=O) groups excluding carboxylic acids is 1. The van der Waals surface area contributed by atoms with E-state index in [1.807, 2.05) is 12.1 Å². The second-order valence-electron chi connectivity index (χ2n) is 3.80. The largest absolute Gasteiger partial charge is 0.461 e. The number of rotatable bonds is 3. The van der Waals surface area contributed by atoms with E-state index < -0.39 is 5.91 Å². The number of amides is 1. The minimum atomic E-state index is -0.456. The van der Waals surface area contributed by atoms with Gasteiger partial charge in [0.05, 0.1) is 0 Å². The lowest BCUT2D eigenvalue weighted by atomic mass is 10.3. The minimum Gasteiger partial charge on any atom is -0.461 e. The van der Waals surface area contributed by atoms with E-state index in [9.17, 15) is 4.79 Å². The van der Waals surface area contributed by atoms with E-state index in [0.29, 0.717) is 11.7 Å². The highest BCUT2D eigenvalue weighted by molar-refractivity contribution is 5.89. The quantitative estimate of drug-likeness (QED) is 0.742. The molecule has 2 atom stereocenters. The Bertz CT molecular complexity index is 378. The topological polar surface area (TPSA) is 56.2 Å². The SMILES string of the molecule is C[C@@H]1C[C@H]1c1ccc(/C=C/C(N)=O)o1. The molecule has 74 valence electrons. The van der Waals surface area contributed by atoms with E-state index >= 15 is 0 Å². The highest BCUT2D eigenvalue weighted by atomic mass is 16.3. The van der Waals surface area contributed by atoms with Crippen molar-refractivity contribution in [2.24, 2.45) is 11.7 Å². The van der Waals surface area contributed by atoms with Crippen molar-refractivity contribution in [3.63, 3.8) is 0 Å². The lowest BCUT2D eigenvalue weighted by Crippen LogP contribution is -2.04. The number of hydrogen-bond acceptors (Lipinski definition) is 2. The monoisotopic (exact) mass is 191 g/mol. The number of furan rings is 1. The Morgan fingerprint density at radius 2 is 2.36 bits per heavy atom. The summed E-state index contributed by atoms with van der Waals surface area (Å²) in [4.78, 5) is 10.5. The van der Waals surface area contributed by atoms with Crippen molar-refractivity contribution in [2.45, 2.75) is 19.3 Å². The Labute approximate surface area is 82.6 Å². The predicted molar refractivity (Wildman–Crippen MR) is 53.5 cm³/mol. The molecule has 0 aromatic carbocycles. The number of nitrogens with two attached hydrogens (primary N) is 1. The van der Waals surface area contributed by atoms with Gasteiger partial charge in [-0.25, -0.2) is 0 Å². The Hall–Kier alpha value is -1.51. The highest BCUT2D eigenvalue weighted by Crippen LogP contribution is 2.47. The van der Waals surface area contributed by atoms with Crippen molar-refractivity contribution in [1.82, 2.24) is 0 Å². The van der Waals surface area contributed by atoms with Crippen LogP contribution < -0.4 is 5.73 Å². The second-order valence-corrected chi connectivity index (χ2v) is 3.80. The summed E-state index contributed by atoms with van der Waals surface area (Å²) in [7, 11) is 0. The Kier molecular flexibility index (Phi) is 2.15. The van der Waals surface area contributed by atoms with Crippen LogP contribution in [0.3, 0.4) is 0 Å². The third-order valence-corrected chi connectivity index (χ3v) is 2.53. The van der Waals surface area contributed by atoms with Gasteiger partial charge < -0.3 is 10.2 Å². The molecule has 0 saturated heterocycles. The van der Waals surface area contributed by atoms with Gasteiger partial charge in [-0.15, -0.1) is 0 Å². The molecule has 1 saturated carbocycles. The van der Waals surface area contributed by atoms with E-state index in [2.05, 4.69) is 6.92 Å². The fraction of sp³-hybridized carbons (Fsp3) is 0.364. The summed E-state index contributed by atoms with van der Waals surface area (Å²) in [5, 5.41) is 0. The molecule has 2 N–H and O–H groups in total. The van der Waals surface area contributed by atoms with Crippen LogP contribution in [0.1, 0.15) is 30.8 Å². The zero-order chi connectivity index (χ0) is 10.1. The van der Waals surface area contributed by atoms with Crippen LogP contribution in [0, 0.1) is 5.92 Å². The third kappa shape index (κ3) is 1.87. The van der Waals surface area contributed by atoms with Crippen LogP contribution in [-0.2, 0) is 4.79 Å². The molecule has 1 amide bonds. The van der Waals surface area contributed by atoms with Gasteiger partial charge in [0.25, 0.3) is 0 Å².